The van der Waals surface area contributed by atoms with Crippen molar-refractivity contribution in [3.05, 3.63) is 35.4 Å². The van der Waals surface area contributed by atoms with E-state index >= 15 is 0 Å². The Labute approximate surface area is 106 Å². The highest BCUT2D eigenvalue weighted by Crippen LogP contribution is 2.22. The van der Waals surface area contributed by atoms with Crippen LogP contribution < -0.4 is 5.32 Å². The minimum atomic E-state index is -0.170. The van der Waals surface area contributed by atoms with Crippen LogP contribution >= 0.6 is 12.4 Å². The summed E-state index contributed by atoms with van der Waals surface area (Å²) in [7, 11) is 1.85. The molecule has 1 aromatic rings. The monoisotopic (exact) mass is 254 g/mol. The van der Waals surface area contributed by atoms with E-state index in [9.17, 15) is 9.59 Å². The molecule has 0 saturated heterocycles. The summed E-state index contributed by atoms with van der Waals surface area (Å²) in [5, 5.41) is 2.99. The fraction of sp³-hybridized carbons (Fsp3) is 0.333. The molecule has 5 heteroatoms. The van der Waals surface area contributed by atoms with Gasteiger partial charge in [-0.25, -0.2) is 0 Å². The number of amides is 2. The van der Waals surface area contributed by atoms with E-state index in [1.54, 1.807) is 24.3 Å². The molecule has 1 aliphatic rings. The molecule has 0 saturated carbocycles. The van der Waals surface area contributed by atoms with Crippen LogP contribution in [0.5, 0.6) is 0 Å². The van der Waals surface area contributed by atoms with Crippen molar-refractivity contribution >= 4 is 24.2 Å². The normalized spacial score (nSPS) is 13.6. The third-order valence-electron chi connectivity index (χ3n) is 2.69. The number of hydrogen-bond donors (Lipinski definition) is 1. The van der Waals surface area contributed by atoms with Gasteiger partial charge in [0.2, 0.25) is 0 Å². The van der Waals surface area contributed by atoms with Gasteiger partial charge in [-0.05, 0) is 32.1 Å². The zero-order valence-electron chi connectivity index (χ0n) is 9.60. The highest BCUT2D eigenvalue weighted by Gasteiger charge is 2.34. The first-order chi connectivity index (χ1) is 7.75. The van der Waals surface area contributed by atoms with Gasteiger partial charge in [-0.1, -0.05) is 12.1 Å². The second-order valence-corrected chi connectivity index (χ2v) is 3.76. The number of benzene rings is 1. The van der Waals surface area contributed by atoms with Crippen molar-refractivity contribution in [3.63, 3.8) is 0 Å². The predicted molar refractivity (Wildman–Crippen MR) is 67.6 cm³/mol. The summed E-state index contributed by atoms with van der Waals surface area (Å²) in [5.74, 6) is -0.339. The van der Waals surface area contributed by atoms with Crippen molar-refractivity contribution in [3.8, 4) is 0 Å². The number of halogens is 1. The van der Waals surface area contributed by atoms with Gasteiger partial charge in [-0.2, -0.15) is 0 Å². The van der Waals surface area contributed by atoms with Crippen LogP contribution in [0, 0.1) is 0 Å². The Morgan fingerprint density at radius 2 is 1.65 bits per heavy atom. The van der Waals surface area contributed by atoms with E-state index in [4.69, 9.17) is 0 Å². The number of carbonyl (C=O) groups excluding carboxylic acids is 2. The molecule has 4 nitrogen and oxygen atoms in total. The maximum atomic E-state index is 11.9. The summed E-state index contributed by atoms with van der Waals surface area (Å²) in [6.07, 6.45) is 0.780. The molecule has 0 radical (unpaired) electrons. The first-order valence-corrected chi connectivity index (χ1v) is 5.35. The zero-order chi connectivity index (χ0) is 11.5. The molecular weight excluding hydrogens is 240 g/mol. The maximum absolute atomic E-state index is 11.9. The molecule has 17 heavy (non-hydrogen) atoms. The fourth-order valence-corrected chi connectivity index (χ4v) is 1.86. The SMILES string of the molecule is CNCCCN1C(=O)c2ccccc2C1=O.Cl. The summed E-state index contributed by atoms with van der Waals surface area (Å²) < 4.78 is 0. The molecule has 1 aliphatic heterocycles. The van der Waals surface area contributed by atoms with E-state index in [1.165, 1.54) is 4.90 Å². The molecule has 1 aromatic carbocycles. The lowest BCUT2D eigenvalue weighted by molar-refractivity contribution is 0.0653. The van der Waals surface area contributed by atoms with E-state index in [0.717, 1.165) is 13.0 Å². The van der Waals surface area contributed by atoms with Gasteiger partial charge in [0.15, 0.2) is 0 Å². The van der Waals surface area contributed by atoms with E-state index < -0.39 is 0 Å². The fourth-order valence-electron chi connectivity index (χ4n) is 1.86. The minimum Gasteiger partial charge on any atom is -0.320 e. The van der Waals surface area contributed by atoms with Crippen molar-refractivity contribution < 1.29 is 9.59 Å². The number of carbonyl (C=O) groups is 2. The smallest absolute Gasteiger partial charge is 0.261 e. The largest absolute Gasteiger partial charge is 0.320 e. The first kappa shape index (κ1) is 13.7. The van der Waals surface area contributed by atoms with Gasteiger partial charge in [0.25, 0.3) is 11.8 Å². The molecule has 2 rings (SSSR count). The van der Waals surface area contributed by atoms with Crippen LogP contribution in [0.3, 0.4) is 0 Å². The third-order valence-corrected chi connectivity index (χ3v) is 2.69. The molecule has 0 bridgehead atoms. The predicted octanol–water partition coefficient (Wildman–Crippen LogP) is 1.31. The molecule has 0 aliphatic carbocycles. The number of hydrogen-bond acceptors (Lipinski definition) is 3. The zero-order valence-corrected chi connectivity index (χ0v) is 10.4. The Hall–Kier alpha value is -1.39. The topological polar surface area (TPSA) is 49.4 Å². The molecule has 0 aromatic heterocycles. The summed E-state index contributed by atoms with van der Waals surface area (Å²) in [5.41, 5.74) is 1.05. The molecule has 92 valence electrons. The average Bonchev–Trinajstić information content (AvgIpc) is 2.55. The Balaban J connectivity index is 0.00000144. The lowest BCUT2D eigenvalue weighted by Gasteiger charge is -2.12. The number of nitrogens with zero attached hydrogens (tertiary/aromatic N) is 1. The summed E-state index contributed by atoms with van der Waals surface area (Å²) >= 11 is 0. The third kappa shape index (κ3) is 2.48. The molecule has 0 fully saturated rings. The minimum absolute atomic E-state index is 0. The lowest BCUT2D eigenvalue weighted by atomic mass is 10.1. The quantitative estimate of drug-likeness (QED) is 0.651. The highest BCUT2D eigenvalue weighted by atomic mass is 35.5. The molecule has 2 amide bonds. The number of rotatable bonds is 4. The second-order valence-electron chi connectivity index (χ2n) is 3.76. The number of fused-ring (bicyclic) bond motifs is 1. The van der Waals surface area contributed by atoms with Gasteiger partial charge in [0, 0.05) is 6.54 Å². The highest BCUT2D eigenvalue weighted by molar-refractivity contribution is 6.21. The van der Waals surface area contributed by atoms with Crippen LogP contribution in [-0.2, 0) is 0 Å². The Bertz CT molecular complexity index is 399. The molecule has 0 atom stereocenters. The van der Waals surface area contributed by atoms with Crippen LogP contribution in [0.15, 0.2) is 24.3 Å². The molecule has 0 spiro atoms. The molecular formula is C12H15ClN2O2. The van der Waals surface area contributed by atoms with Crippen molar-refractivity contribution in [1.82, 2.24) is 10.2 Å². The Morgan fingerprint density at radius 1 is 1.12 bits per heavy atom. The molecule has 0 unspecified atom stereocenters. The van der Waals surface area contributed by atoms with Crippen molar-refractivity contribution in [2.24, 2.45) is 0 Å². The summed E-state index contributed by atoms with van der Waals surface area (Å²) in [6.45, 7) is 1.28. The van der Waals surface area contributed by atoms with Gasteiger partial charge in [-0.15, -0.1) is 12.4 Å². The van der Waals surface area contributed by atoms with Crippen LogP contribution in [0.2, 0.25) is 0 Å². The van der Waals surface area contributed by atoms with Gasteiger partial charge < -0.3 is 5.32 Å². The Morgan fingerprint density at radius 3 is 2.12 bits per heavy atom. The van der Waals surface area contributed by atoms with E-state index in [2.05, 4.69) is 5.32 Å². The van der Waals surface area contributed by atoms with Gasteiger partial charge in [0.1, 0.15) is 0 Å². The molecule has 1 heterocycles. The summed E-state index contributed by atoms with van der Waals surface area (Å²) in [4.78, 5) is 25.1. The van der Waals surface area contributed by atoms with Crippen LogP contribution in [0.25, 0.3) is 0 Å². The van der Waals surface area contributed by atoms with Crippen molar-refractivity contribution in [2.75, 3.05) is 20.1 Å². The van der Waals surface area contributed by atoms with Crippen molar-refractivity contribution in [2.45, 2.75) is 6.42 Å². The van der Waals surface area contributed by atoms with Crippen molar-refractivity contribution in [1.29, 1.82) is 0 Å². The average molecular weight is 255 g/mol. The van der Waals surface area contributed by atoms with Crippen LogP contribution in [-0.4, -0.2) is 36.9 Å². The first-order valence-electron chi connectivity index (χ1n) is 5.35. The van der Waals surface area contributed by atoms with Gasteiger partial charge in [0.05, 0.1) is 11.1 Å². The second kappa shape index (κ2) is 5.80. The standard InChI is InChI=1S/C12H14N2O2.ClH/c1-13-7-4-8-14-11(15)9-5-2-3-6-10(9)12(14)16;/h2-3,5-6,13H,4,7-8H2,1H3;1H. The van der Waals surface area contributed by atoms with Gasteiger partial charge in [-0.3, -0.25) is 14.5 Å². The van der Waals surface area contributed by atoms with E-state index in [1.807, 2.05) is 7.05 Å². The molecule has 1 N–H and O–H groups in total. The Kier molecular flexibility index (Phi) is 4.66. The number of nitrogens with one attached hydrogen (secondary N) is 1. The number of imide groups is 1. The van der Waals surface area contributed by atoms with Gasteiger partial charge >= 0.3 is 0 Å². The van der Waals surface area contributed by atoms with Crippen LogP contribution in [0.1, 0.15) is 27.1 Å². The van der Waals surface area contributed by atoms with E-state index in [0.29, 0.717) is 17.7 Å². The van der Waals surface area contributed by atoms with Crippen LogP contribution in [0.4, 0.5) is 0 Å². The lowest BCUT2D eigenvalue weighted by Crippen LogP contribution is -2.32. The maximum Gasteiger partial charge on any atom is 0.261 e. The van der Waals surface area contributed by atoms with E-state index in [-0.39, 0.29) is 24.2 Å². The summed E-state index contributed by atoms with van der Waals surface area (Å²) in [6, 6.07) is 6.96.